The first-order chi connectivity index (χ1) is 18.4. The van der Waals surface area contributed by atoms with E-state index < -0.39 is 23.7 Å². The molecule has 0 bridgehead atoms. The number of halogens is 1. The van der Waals surface area contributed by atoms with Gasteiger partial charge in [0.05, 0.1) is 0 Å². The van der Waals surface area contributed by atoms with E-state index in [0.717, 1.165) is 48.7 Å². The number of hydrogen-bond acceptors (Lipinski definition) is 5. The molecule has 38 heavy (non-hydrogen) atoms. The van der Waals surface area contributed by atoms with E-state index >= 15 is 0 Å². The van der Waals surface area contributed by atoms with Crippen LogP contribution in [0, 0.1) is 5.82 Å². The quantitative estimate of drug-likeness (QED) is 0.420. The first kappa shape index (κ1) is 25.9. The van der Waals surface area contributed by atoms with E-state index in [9.17, 15) is 19.1 Å². The van der Waals surface area contributed by atoms with Crippen LogP contribution >= 0.6 is 0 Å². The molecule has 0 spiro atoms. The van der Waals surface area contributed by atoms with Gasteiger partial charge in [-0.05, 0) is 85.4 Å². The van der Waals surface area contributed by atoms with Crippen molar-refractivity contribution in [1.29, 1.82) is 0 Å². The largest absolute Gasteiger partial charge is 0.479 e. The van der Waals surface area contributed by atoms with E-state index in [0.29, 0.717) is 11.5 Å². The summed E-state index contributed by atoms with van der Waals surface area (Å²) >= 11 is 0. The second-order valence-electron chi connectivity index (χ2n) is 9.98. The van der Waals surface area contributed by atoms with Crippen molar-refractivity contribution < 1.29 is 28.6 Å². The van der Waals surface area contributed by atoms with Gasteiger partial charge in [-0.1, -0.05) is 36.4 Å². The Labute approximate surface area is 221 Å². The molecule has 1 amide bonds. The van der Waals surface area contributed by atoms with Gasteiger partial charge in [-0.2, -0.15) is 0 Å². The standard InChI is InChI=1S/C30H31FN2O5/c1-32-13-11-21(12-14-32)19-3-5-20(6-4-19)22-7-8-23-17-33(29(34)25(23)15-22)28(30(35)36)26-16-24(31)9-10-27(26)38-18-37-2/h3-10,15-16,21,28H,11-14,17-18H2,1-2H3,(H,35,36). The number of carboxylic acid groups (broad SMARTS) is 1. The number of carboxylic acids is 1. The Morgan fingerprint density at radius 2 is 1.76 bits per heavy atom. The molecule has 198 valence electrons. The van der Waals surface area contributed by atoms with Crippen LogP contribution in [0.5, 0.6) is 5.75 Å². The van der Waals surface area contributed by atoms with Gasteiger partial charge in [0.1, 0.15) is 11.6 Å². The number of rotatable bonds is 8. The summed E-state index contributed by atoms with van der Waals surface area (Å²) in [6, 6.07) is 16.3. The van der Waals surface area contributed by atoms with Gasteiger partial charge in [0.2, 0.25) is 0 Å². The van der Waals surface area contributed by atoms with Crippen molar-refractivity contribution in [3.63, 3.8) is 0 Å². The smallest absolute Gasteiger partial charge is 0.331 e. The minimum atomic E-state index is -1.42. The van der Waals surface area contributed by atoms with Crippen molar-refractivity contribution in [2.24, 2.45) is 0 Å². The van der Waals surface area contributed by atoms with Crippen LogP contribution in [0.25, 0.3) is 11.1 Å². The average Bonchev–Trinajstić information content (AvgIpc) is 3.24. The second kappa shape index (κ2) is 10.9. The molecule has 1 atom stereocenters. The van der Waals surface area contributed by atoms with E-state index in [1.165, 1.54) is 29.7 Å². The number of piperidine rings is 1. The Kier molecular flexibility index (Phi) is 7.44. The van der Waals surface area contributed by atoms with E-state index in [4.69, 9.17) is 9.47 Å². The van der Waals surface area contributed by atoms with Gasteiger partial charge in [0.25, 0.3) is 5.91 Å². The number of aliphatic carboxylic acids is 1. The van der Waals surface area contributed by atoms with Crippen molar-refractivity contribution in [2.75, 3.05) is 34.0 Å². The third-order valence-electron chi connectivity index (χ3n) is 7.52. The summed E-state index contributed by atoms with van der Waals surface area (Å²) in [6.07, 6.45) is 2.29. The van der Waals surface area contributed by atoms with Crippen molar-refractivity contribution >= 4 is 11.9 Å². The van der Waals surface area contributed by atoms with Gasteiger partial charge in [0.15, 0.2) is 12.8 Å². The molecule has 0 saturated carbocycles. The van der Waals surface area contributed by atoms with Gasteiger partial charge >= 0.3 is 5.97 Å². The van der Waals surface area contributed by atoms with Crippen LogP contribution in [-0.2, 0) is 16.1 Å². The third kappa shape index (κ3) is 5.14. The lowest BCUT2D eigenvalue weighted by Gasteiger charge is -2.29. The van der Waals surface area contributed by atoms with Crippen LogP contribution < -0.4 is 4.74 Å². The van der Waals surface area contributed by atoms with E-state index in [1.54, 1.807) is 0 Å². The van der Waals surface area contributed by atoms with Crippen LogP contribution in [0.2, 0.25) is 0 Å². The zero-order valence-electron chi connectivity index (χ0n) is 21.5. The predicted molar refractivity (Wildman–Crippen MR) is 141 cm³/mol. The molecule has 7 nitrogen and oxygen atoms in total. The first-order valence-electron chi connectivity index (χ1n) is 12.7. The minimum Gasteiger partial charge on any atom is -0.479 e. The fourth-order valence-electron chi connectivity index (χ4n) is 5.42. The SMILES string of the molecule is COCOc1ccc(F)cc1C(C(=O)O)N1Cc2ccc(-c3ccc(C4CCN(C)CC4)cc3)cc2C1=O. The van der Waals surface area contributed by atoms with Gasteiger partial charge < -0.3 is 24.4 Å². The topological polar surface area (TPSA) is 79.3 Å². The minimum absolute atomic E-state index is 0.0559. The Morgan fingerprint density at radius 1 is 1.05 bits per heavy atom. The van der Waals surface area contributed by atoms with Gasteiger partial charge in [-0.3, -0.25) is 4.79 Å². The van der Waals surface area contributed by atoms with Gasteiger partial charge in [-0.15, -0.1) is 0 Å². The normalized spacial score (nSPS) is 16.9. The maximum absolute atomic E-state index is 14.2. The summed E-state index contributed by atoms with van der Waals surface area (Å²) in [5, 5.41) is 10.1. The number of amides is 1. The summed E-state index contributed by atoms with van der Waals surface area (Å²) in [5.74, 6) is -1.60. The van der Waals surface area contributed by atoms with Crippen LogP contribution in [0.1, 0.15) is 51.8 Å². The zero-order valence-corrected chi connectivity index (χ0v) is 21.5. The molecule has 0 radical (unpaired) electrons. The molecular formula is C30H31FN2O5. The highest BCUT2D eigenvalue weighted by molar-refractivity contribution is 6.01. The number of hydrogen-bond donors (Lipinski definition) is 1. The number of nitrogens with zero attached hydrogens (tertiary/aromatic N) is 2. The van der Waals surface area contributed by atoms with E-state index in [-0.39, 0.29) is 24.7 Å². The lowest BCUT2D eigenvalue weighted by atomic mass is 9.88. The Morgan fingerprint density at radius 3 is 2.45 bits per heavy atom. The number of ether oxygens (including phenoxy) is 2. The fraction of sp³-hybridized carbons (Fsp3) is 0.333. The number of benzene rings is 3. The molecule has 1 N–H and O–H groups in total. The second-order valence-corrected chi connectivity index (χ2v) is 9.98. The number of likely N-dealkylation sites (tertiary alicyclic amines) is 1. The molecule has 5 rings (SSSR count). The summed E-state index contributed by atoms with van der Waals surface area (Å²) in [6.45, 7) is 2.16. The Balaban J connectivity index is 1.40. The van der Waals surface area contributed by atoms with Crippen molar-refractivity contribution in [1.82, 2.24) is 9.80 Å². The zero-order chi connectivity index (χ0) is 26.8. The molecule has 1 saturated heterocycles. The Bertz CT molecular complexity index is 1330. The lowest BCUT2D eigenvalue weighted by molar-refractivity contribution is -0.142. The molecule has 3 aromatic carbocycles. The number of methoxy groups -OCH3 is 1. The third-order valence-corrected chi connectivity index (χ3v) is 7.52. The molecule has 0 aliphatic carbocycles. The van der Waals surface area contributed by atoms with Crippen molar-refractivity contribution in [3.8, 4) is 16.9 Å². The lowest BCUT2D eigenvalue weighted by Crippen LogP contribution is -2.34. The number of carbonyl (C=O) groups excluding carboxylic acids is 1. The molecule has 0 aromatic heterocycles. The predicted octanol–water partition coefficient (Wildman–Crippen LogP) is 5.07. The molecule has 8 heteroatoms. The van der Waals surface area contributed by atoms with Crippen LogP contribution in [0.4, 0.5) is 4.39 Å². The van der Waals surface area contributed by atoms with E-state index in [2.05, 4.69) is 36.2 Å². The Hall–Kier alpha value is -3.75. The fourth-order valence-corrected chi connectivity index (χ4v) is 5.42. The summed E-state index contributed by atoms with van der Waals surface area (Å²) in [7, 11) is 3.58. The number of fused-ring (bicyclic) bond motifs is 1. The molecule has 3 aromatic rings. The van der Waals surface area contributed by atoms with E-state index in [1.807, 2.05) is 18.2 Å². The van der Waals surface area contributed by atoms with Crippen LogP contribution in [0.15, 0.2) is 60.7 Å². The van der Waals surface area contributed by atoms with Crippen molar-refractivity contribution in [2.45, 2.75) is 31.3 Å². The summed E-state index contributed by atoms with van der Waals surface area (Å²) < 4.78 is 24.6. The molecule has 2 heterocycles. The van der Waals surface area contributed by atoms with Gasteiger partial charge in [-0.25, -0.2) is 9.18 Å². The molecule has 1 fully saturated rings. The highest BCUT2D eigenvalue weighted by Gasteiger charge is 2.39. The summed E-state index contributed by atoms with van der Waals surface area (Å²) in [5.41, 5.74) is 4.44. The highest BCUT2D eigenvalue weighted by atomic mass is 19.1. The molecule has 1 unspecified atom stereocenters. The van der Waals surface area contributed by atoms with Crippen molar-refractivity contribution in [3.05, 3.63) is 88.7 Å². The maximum atomic E-state index is 14.2. The monoisotopic (exact) mass is 518 g/mol. The summed E-state index contributed by atoms with van der Waals surface area (Å²) in [4.78, 5) is 29.5. The van der Waals surface area contributed by atoms with Gasteiger partial charge in [0, 0.05) is 24.8 Å². The highest BCUT2D eigenvalue weighted by Crippen LogP contribution is 2.38. The molecule has 2 aliphatic rings. The average molecular weight is 519 g/mol. The van der Waals surface area contributed by atoms with Crippen LogP contribution in [0.3, 0.4) is 0 Å². The first-order valence-corrected chi connectivity index (χ1v) is 12.7. The molecular weight excluding hydrogens is 487 g/mol. The molecule has 2 aliphatic heterocycles. The number of carbonyl (C=O) groups is 2. The van der Waals surface area contributed by atoms with Crippen LogP contribution in [-0.4, -0.2) is 60.8 Å². The maximum Gasteiger partial charge on any atom is 0.331 e.